The van der Waals surface area contributed by atoms with Gasteiger partial charge in [0.2, 0.25) is 0 Å². The number of aromatic nitrogens is 1. The van der Waals surface area contributed by atoms with Crippen molar-refractivity contribution in [2.24, 2.45) is 0 Å². The van der Waals surface area contributed by atoms with Crippen LogP contribution in [0.15, 0.2) is 53.3 Å². The first kappa shape index (κ1) is 23.7. The van der Waals surface area contributed by atoms with E-state index in [0.717, 1.165) is 17.5 Å². The summed E-state index contributed by atoms with van der Waals surface area (Å²) in [4.78, 5) is 27.7. The number of esters is 1. The number of hydrogen-bond acceptors (Lipinski definition) is 5. The first-order chi connectivity index (χ1) is 15.1. The van der Waals surface area contributed by atoms with Crippen molar-refractivity contribution in [3.63, 3.8) is 0 Å². The molecule has 0 saturated carbocycles. The number of hydrogen-bond donors (Lipinski definition) is 3. The van der Waals surface area contributed by atoms with Gasteiger partial charge in [-0.15, -0.1) is 0 Å². The van der Waals surface area contributed by atoms with Crippen molar-refractivity contribution in [1.29, 1.82) is 0 Å². The van der Waals surface area contributed by atoms with Gasteiger partial charge in [-0.1, -0.05) is 48.9 Å². The number of fused-ring (bicyclic) bond motifs is 1. The van der Waals surface area contributed by atoms with Crippen molar-refractivity contribution in [1.82, 2.24) is 10.3 Å². The van der Waals surface area contributed by atoms with Gasteiger partial charge < -0.3 is 20.1 Å². The van der Waals surface area contributed by atoms with Crippen LogP contribution in [0, 0.1) is 6.92 Å². The number of aliphatic hydroxyl groups excluding tert-OH is 1. The first-order valence-corrected chi connectivity index (χ1v) is 11.0. The van der Waals surface area contributed by atoms with Gasteiger partial charge in [0.1, 0.15) is 0 Å². The van der Waals surface area contributed by atoms with E-state index in [4.69, 9.17) is 4.74 Å². The number of rotatable bonds is 7. The maximum atomic E-state index is 12.5. The maximum absolute atomic E-state index is 12.5. The molecule has 0 saturated heterocycles. The lowest BCUT2D eigenvalue weighted by atomic mass is 9.94. The molecule has 0 radical (unpaired) electrons. The van der Waals surface area contributed by atoms with Crippen LogP contribution in [-0.2, 0) is 11.2 Å². The molecule has 0 spiro atoms. The molecule has 3 aromatic rings. The van der Waals surface area contributed by atoms with Crippen LogP contribution in [0.5, 0.6) is 5.75 Å². The number of pyridine rings is 1. The van der Waals surface area contributed by atoms with Crippen molar-refractivity contribution in [2.45, 2.75) is 65.1 Å². The SMILES string of the molecule is CCC(NC(C)(C)C)C(O)c1cccc2[nH]c(=O)c(OC(=O)Cc3ccc(C)cc3)cc12. The first-order valence-electron chi connectivity index (χ1n) is 11.0. The summed E-state index contributed by atoms with van der Waals surface area (Å²) in [6.07, 6.45) is -0.0172. The molecule has 3 rings (SSSR count). The Bertz CT molecular complexity index is 1140. The molecule has 0 aliphatic heterocycles. The second kappa shape index (κ2) is 9.67. The average molecular weight is 437 g/mol. The summed E-state index contributed by atoms with van der Waals surface area (Å²) >= 11 is 0. The molecular weight excluding hydrogens is 404 g/mol. The zero-order valence-electron chi connectivity index (χ0n) is 19.4. The van der Waals surface area contributed by atoms with Gasteiger partial charge in [-0.05, 0) is 57.4 Å². The van der Waals surface area contributed by atoms with E-state index in [1.807, 2.05) is 44.2 Å². The molecule has 2 unspecified atom stereocenters. The zero-order chi connectivity index (χ0) is 23.5. The fourth-order valence-corrected chi connectivity index (χ4v) is 3.78. The highest BCUT2D eigenvalue weighted by Gasteiger charge is 2.25. The van der Waals surface area contributed by atoms with Crippen LogP contribution in [0.4, 0.5) is 0 Å². The molecule has 32 heavy (non-hydrogen) atoms. The number of carbonyl (C=O) groups is 1. The topological polar surface area (TPSA) is 91.4 Å². The normalized spacial score (nSPS) is 13.7. The Morgan fingerprint density at radius 3 is 2.47 bits per heavy atom. The van der Waals surface area contributed by atoms with Gasteiger partial charge in [0.15, 0.2) is 5.75 Å². The van der Waals surface area contributed by atoms with Gasteiger partial charge in [-0.25, -0.2) is 0 Å². The van der Waals surface area contributed by atoms with Crippen LogP contribution in [0.25, 0.3) is 10.9 Å². The van der Waals surface area contributed by atoms with Gasteiger partial charge in [0.05, 0.1) is 12.5 Å². The van der Waals surface area contributed by atoms with Crippen LogP contribution in [0.2, 0.25) is 0 Å². The summed E-state index contributed by atoms with van der Waals surface area (Å²) in [6, 6.07) is 14.3. The third-order valence-electron chi connectivity index (χ3n) is 5.34. The molecule has 3 N–H and O–H groups in total. The fraction of sp³-hybridized carbons (Fsp3) is 0.385. The highest BCUT2D eigenvalue weighted by Crippen LogP contribution is 2.28. The molecule has 0 aliphatic rings. The van der Waals surface area contributed by atoms with Crippen molar-refractivity contribution in [2.75, 3.05) is 0 Å². The third kappa shape index (κ3) is 5.84. The third-order valence-corrected chi connectivity index (χ3v) is 5.34. The highest BCUT2D eigenvalue weighted by molar-refractivity contribution is 5.85. The average Bonchev–Trinajstić information content (AvgIpc) is 2.72. The van der Waals surface area contributed by atoms with Crippen LogP contribution in [0.3, 0.4) is 0 Å². The van der Waals surface area contributed by atoms with E-state index in [1.165, 1.54) is 0 Å². The summed E-state index contributed by atoms with van der Waals surface area (Å²) in [5.41, 5.74) is 2.51. The molecular formula is C26H32N2O4. The summed E-state index contributed by atoms with van der Waals surface area (Å²) in [5.74, 6) is -0.594. The van der Waals surface area contributed by atoms with E-state index in [1.54, 1.807) is 18.2 Å². The van der Waals surface area contributed by atoms with Crippen LogP contribution < -0.4 is 15.6 Å². The van der Waals surface area contributed by atoms with Crippen molar-refractivity contribution in [3.05, 3.63) is 75.6 Å². The number of aliphatic hydroxyl groups is 1. The van der Waals surface area contributed by atoms with Crippen molar-refractivity contribution >= 4 is 16.9 Å². The minimum atomic E-state index is -0.801. The maximum Gasteiger partial charge on any atom is 0.315 e. The minimum absolute atomic E-state index is 0.0649. The Labute approximate surface area is 188 Å². The Kier molecular flexibility index (Phi) is 7.16. The Morgan fingerprint density at radius 1 is 1.16 bits per heavy atom. The summed E-state index contributed by atoms with van der Waals surface area (Å²) in [6.45, 7) is 10.1. The predicted molar refractivity (Wildman–Crippen MR) is 127 cm³/mol. The van der Waals surface area contributed by atoms with Gasteiger partial charge >= 0.3 is 5.97 Å². The molecule has 2 aromatic carbocycles. The fourth-order valence-electron chi connectivity index (χ4n) is 3.78. The van der Waals surface area contributed by atoms with E-state index in [9.17, 15) is 14.7 Å². The van der Waals surface area contributed by atoms with Crippen LogP contribution in [-0.4, -0.2) is 27.6 Å². The lowest BCUT2D eigenvalue weighted by Crippen LogP contribution is -2.46. The molecule has 6 heteroatoms. The molecule has 170 valence electrons. The largest absolute Gasteiger partial charge is 0.420 e. The monoisotopic (exact) mass is 436 g/mol. The van der Waals surface area contributed by atoms with Gasteiger partial charge in [0, 0.05) is 22.5 Å². The zero-order valence-corrected chi connectivity index (χ0v) is 19.4. The number of nitrogens with one attached hydrogen (secondary N) is 2. The lowest BCUT2D eigenvalue weighted by Gasteiger charge is -2.31. The highest BCUT2D eigenvalue weighted by atomic mass is 16.5. The molecule has 0 amide bonds. The second-order valence-corrected chi connectivity index (χ2v) is 9.26. The summed E-state index contributed by atoms with van der Waals surface area (Å²) in [7, 11) is 0. The molecule has 6 nitrogen and oxygen atoms in total. The summed E-state index contributed by atoms with van der Waals surface area (Å²) < 4.78 is 5.41. The molecule has 2 atom stereocenters. The minimum Gasteiger partial charge on any atom is -0.420 e. The number of aromatic amines is 1. The van der Waals surface area contributed by atoms with Crippen molar-refractivity contribution < 1.29 is 14.6 Å². The Hall–Kier alpha value is -2.96. The predicted octanol–water partition coefficient (Wildman–Crippen LogP) is 4.18. The van der Waals surface area contributed by atoms with E-state index in [0.29, 0.717) is 16.5 Å². The van der Waals surface area contributed by atoms with Gasteiger partial charge in [0.25, 0.3) is 5.56 Å². The second-order valence-electron chi connectivity index (χ2n) is 9.26. The molecule has 0 aliphatic carbocycles. The molecule has 0 fully saturated rings. The van der Waals surface area contributed by atoms with Crippen molar-refractivity contribution in [3.8, 4) is 5.75 Å². The smallest absolute Gasteiger partial charge is 0.315 e. The van der Waals surface area contributed by atoms with Crippen LogP contribution in [0.1, 0.15) is 56.9 Å². The lowest BCUT2D eigenvalue weighted by molar-refractivity contribution is -0.133. The number of ether oxygens (including phenoxy) is 1. The quantitative estimate of drug-likeness (QED) is 0.483. The van der Waals surface area contributed by atoms with E-state index >= 15 is 0 Å². The number of carbonyl (C=O) groups excluding carboxylic acids is 1. The molecule has 1 heterocycles. The number of aryl methyl sites for hydroxylation is 1. The number of benzene rings is 2. The molecule has 1 aromatic heterocycles. The van der Waals surface area contributed by atoms with E-state index in [2.05, 4.69) is 31.1 Å². The summed E-state index contributed by atoms with van der Waals surface area (Å²) in [5, 5.41) is 15.2. The van der Waals surface area contributed by atoms with Crippen LogP contribution >= 0.6 is 0 Å². The van der Waals surface area contributed by atoms with E-state index < -0.39 is 17.6 Å². The van der Waals surface area contributed by atoms with Gasteiger partial charge in [-0.2, -0.15) is 0 Å². The van der Waals surface area contributed by atoms with E-state index in [-0.39, 0.29) is 23.8 Å². The number of H-pyrrole nitrogens is 1. The standard InChI is InChI=1S/C26H32N2O4/c1-6-20(28-26(3,4)5)24(30)18-8-7-9-21-19(18)15-22(25(31)27-21)32-23(29)14-17-12-10-16(2)11-13-17/h7-13,15,20,24,28,30H,6,14H2,1-5H3,(H,27,31). The Balaban J connectivity index is 1.91. The molecule has 0 bridgehead atoms. The Morgan fingerprint density at radius 2 is 1.84 bits per heavy atom. The van der Waals surface area contributed by atoms with Gasteiger partial charge in [-0.3, -0.25) is 9.59 Å².